The summed E-state index contributed by atoms with van der Waals surface area (Å²) in [6.07, 6.45) is 1.03. The number of hydrogen-bond acceptors (Lipinski definition) is 3. The third kappa shape index (κ3) is 2.97. The topological polar surface area (TPSA) is 29.3 Å². The van der Waals surface area contributed by atoms with Crippen molar-refractivity contribution in [2.24, 2.45) is 5.73 Å². The van der Waals surface area contributed by atoms with E-state index in [2.05, 4.69) is 46.9 Å². The second-order valence-corrected chi connectivity index (χ2v) is 5.56. The van der Waals surface area contributed by atoms with Crippen LogP contribution in [0.2, 0.25) is 0 Å². The molecule has 74 valence electrons. The van der Waals surface area contributed by atoms with Crippen LogP contribution in [-0.2, 0) is 0 Å². The zero-order valence-electron chi connectivity index (χ0n) is 7.96. The highest BCUT2D eigenvalue weighted by Crippen LogP contribution is 2.30. The maximum absolute atomic E-state index is 5.52. The maximum Gasteiger partial charge on any atom is 0.0920 e. The Bertz CT molecular complexity index is 262. The van der Waals surface area contributed by atoms with Gasteiger partial charge in [0.05, 0.1) is 8.79 Å². The monoisotopic (exact) mass is 262 g/mol. The van der Waals surface area contributed by atoms with E-state index in [-0.39, 0.29) is 0 Å². The van der Waals surface area contributed by atoms with E-state index in [1.807, 2.05) is 0 Å². The SMILES string of the molecule is CC(CCN)N(C)c1ccc(Br)s1. The van der Waals surface area contributed by atoms with Gasteiger partial charge in [-0.1, -0.05) is 0 Å². The van der Waals surface area contributed by atoms with Gasteiger partial charge in [-0.25, -0.2) is 0 Å². The highest BCUT2D eigenvalue weighted by molar-refractivity contribution is 9.11. The minimum absolute atomic E-state index is 0.510. The van der Waals surface area contributed by atoms with Crippen LogP contribution in [0.15, 0.2) is 15.9 Å². The molecule has 0 bridgehead atoms. The fraction of sp³-hybridized carbons (Fsp3) is 0.556. The van der Waals surface area contributed by atoms with Crippen LogP contribution in [0, 0.1) is 0 Å². The third-order valence-electron chi connectivity index (χ3n) is 2.15. The van der Waals surface area contributed by atoms with Gasteiger partial charge in [0.25, 0.3) is 0 Å². The molecule has 1 rings (SSSR count). The minimum atomic E-state index is 0.510. The van der Waals surface area contributed by atoms with E-state index < -0.39 is 0 Å². The lowest BCUT2D eigenvalue weighted by Crippen LogP contribution is -2.30. The van der Waals surface area contributed by atoms with Crippen LogP contribution in [0.3, 0.4) is 0 Å². The average molecular weight is 263 g/mol. The van der Waals surface area contributed by atoms with Gasteiger partial charge in [0.1, 0.15) is 0 Å². The van der Waals surface area contributed by atoms with Gasteiger partial charge in [-0.05, 0) is 48.0 Å². The molecule has 1 atom stereocenters. The fourth-order valence-corrected chi connectivity index (χ4v) is 2.57. The van der Waals surface area contributed by atoms with Crippen LogP contribution in [0.5, 0.6) is 0 Å². The van der Waals surface area contributed by atoms with Crippen LogP contribution >= 0.6 is 27.3 Å². The smallest absolute Gasteiger partial charge is 0.0920 e. The van der Waals surface area contributed by atoms with Gasteiger partial charge in [-0.15, -0.1) is 11.3 Å². The van der Waals surface area contributed by atoms with Crippen molar-refractivity contribution in [2.45, 2.75) is 19.4 Å². The molecule has 0 aliphatic carbocycles. The largest absolute Gasteiger partial charge is 0.364 e. The van der Waals surface area contributed by atoms with Crippen LogP contribution in [-0.4, -0.2) is 19.6 Å². The molecule has 2 N–H and O–H groups in total. The molecule has 4 heteroatoms. The Kier molecular flexibility index (Phi) is 4.22. The van der Waals surface area contributed by atoms with Gasteiger partial charge in [-0.3, -0.25) is 0 Å². The second-order valence-electron chi connectivity index (χ2n) is 3.12. The van der Waals surface area contributed by atoms with E-state index in [1.54, 1.807) is 11.3 Å². The van der Waals surface area contributed by atoms with Crippen LogP contribution in [0.1, 0.15) is 13.3 Å². The summed E-state index contributed by atoms with van der Waals surface area (Å²) in [6.45, 7) is 2.94. The Labute approximate surface area is 91.9 Å². The quantitative estimate of drug-likeness (QED) is 0.905. The van der Waals surface area contributed by atoms with Crippen LogP contribution in [0.4, 0.5) is 5.00 Å². The molecule has 0 spiro atoms. The van der Waals surface area contributed by atoms with Gasteiger partial charge in [-0.2, -0.15) is 0 Å². The van der Waals surface area contributed by atoms with Gasteiger partial charge >= 0.3 is 0 Å². The number of anilines is 1. The van der Waals surface area contributed by atoms with E-state index >= 15 is 0 Å². The molecule has 0 radical (unpaired) electrons. The molecular formula is C9H15BrN2S. The molecule has 0 aliphatic rings. The Balaban J connectivity index is 2.61. The van der Waals surface area contributed by atoms with Crippen molar-refractivity contribution in [3.63, 3.8) is 0 Å². The lowest BCUT2D eigenvalue weighted by molar-refractivity contribution is 0.638. The van der Waals surface area contributed by atoms with Gasteiger partial charge in [0.15, 0.2) is 0 Å². The lowest BCUT2D eigenvalue weighted by atomic mass is 10.2. The first-order valence-corrected chi connectivity index (χ1v) is 5.94. The average Bonchev–Trinajstić information content (AvgIpc) is 2.51. The molecule has 1 unspecified atom stereocenters. The summed E-state index contributed by atoms with van der Waals surface area (Å²) in [7, 11) is 2.11. The number of nitrogens with zero attached hydrogens (tertiary/aromatic N) is 1. The maximum atomic E-state index is 5.52. The van der Waals surface area contributed by atoms with Crippen molar-refractivity contribution in [3.8, 4) is 0 Å². The number of hydrogen-bond donors (Lipinski definition) is 1. The Morgan fingerprint density at radius 2 is 2.31 bits per heavy atom. The van der Waals surface area contributed by atoms with Crippen LogP contribution in [0.25, 0.3) is 0 Å². The van der Waals surface area contributed by atoms with Crippen molar-refractivity contribution in [2.75, 3.05) is 18.5 Å². The van der Waals surface area contributed by atoms with Crippen LogP contribution < -0.4 is 10.6 Å². The van der Waals surface area contributed by atoms with Gasteiger partial charge in [0.2, 0.25) is 0 Å². The molecule has 0 fully saturated rings. The summed E-state index contributed by atoms with van der Waals surface area (Å²) < 4.78 is 1.18. The Morgan fingerprint density at radius 1 is 1.62 bits per heavy atom. The molecular weight excluding hydrogens is 248 g/mol. The van der Waals surface area contributed by atoms with Crippen molar-refractivity contribution in [1.82, 2.24) is 0 Å². The molecule has 0 aliphatic heterocycles. The molecule has 0 amide bonds. The number of rotatable bonds is 4. The molecule has 0 saturated heterocycles. The molecule has 13 heavy (non-hydrogen) atoms. The summed E-state index contributed by atoms with van der Waals surface area (Å²) in [4.78, 5) is 2.27. The first kappa shape index (κ1) is 11.0. The minimum Gasteiger partial charge on any atom is -0.364 e. The summed E-state index contributed by atoms with van der Waals surface area (Å²) in [5.41, 5.74) is 5.52. The Hall–Kier alpha value is -0.0600. The zero-order valence-corrected chi connectivity index (χ0v) is 10.4. The summed E-state index contributed by atoms with van der Waals surface area (Å²) >= 11 is 5.21. The summed E-state index contributed by atoms with van der Waals surface area (Å²) in [5.74, 6) is 0. The molecule has 0 aromatic carbocycles. The van der Waals surface area contributed by atoms with E-state index in [9.17, 15) is 0 Å². The second kappa shape index (κ2) is 4.98. The predicted octanol–water partition coefficient (Wildman–Crippen LogP) is 2.68. The van der Waals surface area contributed by atoms with E-state index in [1.165, 1.54) is 8.79 Å². The van der Waals surface area contributed by atoms with Crippen molar-refractivity contribution in [3.05, 3.63) is 15.9 Å². The highest BCUT2D eigenvalue weighted by atomic mass is 79.9. The molecule has 0 saturated carbocycles. The first-order valence-electron chi connectivity index (χ1n) is 4.33. The van der Waals surface area contributed by atoms with E-state index in [4.69, 9.17) is 5.73 Å². The zero-order chi connectivity index (χ0) is 9.84. The first-order chi connectivity index (χ1) is 6.15. The highest BCUT2D eigenvalue weighted by Gasteiger charge is 2.10. The van der Waals surface area contributed by atoms with Crippen molar-refractivity contribution in [1.29, 1.82) is 0 Å². The van der Waals surface area contributed by atoms with E-state index in [0.29, 0.717) is 6.04 Å². The summed E-state index contributed by atoms with van der Waals surface area (Å²) in [6, 6.07) is 4.71. The third-order valence-corrected chi connectivity index (χ3v) is 3.87. The van der Waals surface area contributed by atoms with Gasteiger partial charge in [0, 0.05) is 13.1 Å². The number of halogens is 1. The fourth-order valence-electron chi connectivity index (χ4n) is 1.15. The van der Waals surface area contributed by atoms with Crippen molar-refractivity contribution < 1.29 is 0 Å². The lowest BCUT2D eigenvalue weighted by Gasteiger charge is -2.24. The van der Waals surface area contributed by atoms with E-state index in [0.717, 1.165) is 13.0 Å². The molecule has 1 aromatic heterocycles. The van der Waals surface area contributed by atoms with Gasteiger partial charge < -0.3 is 10.6 Å². The number of thiophene rings is 1. The normalized spacial score (nSPS) is 12.9. The predicted molar refractivity (Wildman–Crippen MR) is 63.6 cm³/mol. The molecule has 2 nitrogen and oxygen atoms in total. The molecule has 1 heterocycles. The Morgan fingerprint density at radius 3 is 2.77 bits per heavy atom. The standard InChI is InChI=1S/C9H15BrN2S/c1-7(5-6-11)12(2)9-4-3-8(10)13-9/h3-4,7H,5-6,11H2,1-2H3. The summed E-state index contributed by atoms with van der Waals surface area (Å²) in [5, 5.41) is 1.29. The van der Waals surface area contributed by atoms with Crippen molar-refractivity contribution >= 4 is 32.3 Å². The molecule has 1 aromatic rings. The number of nitrogens with two attached hydrogens (primary N) is 1.